The molecular weight excluding hydrogens is 342 g/mol. The number of carbonyl (C=O) groups excluding carboxylic acids is 1. The van der Waals surface area contributed by atoms with Crippen molar-refractivity contribution in [3.05, 3.63) is 59.3 Å². The van der Waals surface area contributed by atoms with Gasteiger partial charge in [-0.3, -0.25) is 9.78 Å². The molecule has 1 saturated heterocycles. The second kappa shape index (κ2) is 6.98. The zero-order valence-electron chi connectivity index (χ0n) is 15.8. The fourth-order valence-electron chi connectivity index (χ4n) is 3.84. The van der Waals surface area contributed by atoms with Crippen LogP contribution >= 0.6 is 0 Å². The Balaban J connectivity index is 1.51. The number of hydrogen-bond acceptors (Lipinski definition) is 5. The van der Waals surface area contributed by atoms with E-state index in [-0.39, 0.29) is 11.8 Å². The van der Waals surface area contributed by atoms with E-state index in [0.29, 0.717) is 24.8 Å². The van der Waals surface area contributed by atoms with Gasteiger partial charge in [0.05, 0.1) is 17.4 Å². The molecule has 1 amide bonds. The maximum atomic E-state index is 13.1. The second-order valence-corrected chi connectivity index (χ2v) is 7.08. The molecule has 0 spiro atoms. The van der Waals surface area contributed by atoms with Gasteiger partial charge >= 0.3 is 0 Å². The van der Waals surface area contributed by atoms with Gasteiger partial charge in [0.15, 0.2) is 5.82 Å². The van der Waals surface area contributed by atoms with Gasteiger partial charge in [0.2, 0.25) is 5.89 Å². The van der Waals surface area contributed by atoms with Gasteiger partial charge in [-0.2, -0.15) is 4.98 Å². The van der Waals surface area contributed by atoms with E-state index in [1.165, 1.54) is 0 Å². The average Bonchev–Trinajstić information content (AvgIpc) is 3.25. The first kappa shape index (κ1) is 17.5. The topological polar surface area (TPSA) is 77.0 Å². The van der Waals surface area contributed by atoms with Crippen molar-refractivity contribution < 1.29 is 9.32 Å². The third-order valence-electron chi connectivity index (χ3n) is 5.24. The van der Waals surface area contributed by atoms with Crippen molar-refractivity contribution >= 4 is 5.91 Å². The van der Waals surface area contributed by atoms with Crippen molar-refractivity contribution in [2.45, 2.75) is 39.5 Å². The number of carbonyl (C=O) groups is 1. The van der Waals surface area contributed by atoms with Gasteiger partial charge < -0.3 is 14.0 Å². The molecule has 0 radical (unpaired) electrons. The van der Waals surface area contributed by atoms with E-state index in [4.69, 9.17) is 4.52 Å². The van der Waals surface area contributed by atoms with Crippen LogP contribution in [0.3, 0.4) is 0 Å². The number of nitrogens with zero attached hydrogens (tertiary/aromatic N) is 5. The lowest BCUT2D eigenvalue weighted by Crippen LogP contribution is -2.38. The third-order valence-corrected chi connectivity index (χ3v) is 5.24. The maximum Gasteiger partial charge on any atom is 0.255 e. The van der Waals surface area contributed by atoms with E-state index >= 15 is 0 Å². The van der Waals surface area contributed by atoms with Gasteiger partial charge in [-0.15, -0.1) is 0 Å². The molecule has 0 saturated carbocycles. The van der Waals surface area contributed by atoms with Crippen LogP contribution in [0.15, 0.2) is 35.1 Å². The number of pyridine rings is 1. The van der Waals surface area contributed by atoms with E-state index in [1.54, 1.807) is 6.20 Å². The number of piperidine rings is 1. The number of aryl methyl sites for hydroxylation is 2. The Morgan fingerprint density at radius 3 is 2.63 bits per heavy atom. The van der Waals surface area contributed by atoms with E-state index in [0.717, 1.165) is 35.5 Å². The van der Waals surface area contributed by atoms with Gasteiger partial charge in [0.25, 0.3) is 5.91 Å². The summed E-state index contributed by atoms with van der Waals surface area (Å²) in [6.07, 6.45) is 5.24. The van der Waals surface area contributed by atoms with E-state index < -0.39 is 0 Å². The van der Waals surface area contributed by atoms with Crippen LogP contribution in [0.2, 0.25) is 0 Å². The van der Waals surface area contributed by atoms with Crippen molar-refractivity contribution in [1.82, 2.24) is 24.6 Å². The van der Waals surface area contributed by atoms with Gasteiger partial charge in [0.1, 0.15) is 0 Å². The molecule has 1 aliphatic rings. The van der Waals surface area contributed by atoms with Crippen LogP contribution in [0.25, 0.3) is 5.69 Å². The van der Waals surface area contributed by atoms with Crippen molar-refractivity contribution in [3.63, 3.8) is 0 Å². The SMILES string of the molecule is Cc1noc(C2CCN(C(=O)c3cc(C)n(-c4cccnc4)c3C)CC2)n1. The summed E-state index contributed by atoms with van der Waals surface area (Å²) in [5, 5.41) is 3.87. The fourth-order valence-corrected chi connectivity index (χ4v) is 3.84. The maximum absolute atomic E-state index is 13.1. The molecule has 1 aliphatic heterocycles. The number of hydrogen-bond donors (Lipinski definition) is 0. The Morgan fingerprint density at radius 1 is 1.22 bits per heavy atom. The molecule has 0 unspecified atom stereocenters. The summed E-state index contributed by atoms with van der Waals surface area (Å²) >= 11 is 0. The van der Waals surface area contributed by atoms with Crippen LogP contribution in [0.1, 0.15) is 52.2 Å². The minimum absolute atomic E-state index is 0.0819. The number of amides is 1. The van der Waals surface area contributed by atoms with Crippen LogP contribution < -0.4 is 0 Å². The highest BCUT2D eigenvalue weighted by Crippen LogP contribution is 2.29. The molecule has 140 valence electrons. The Kier molecular flexibility index (Phi) is 4.51. The normalized spacial score (nSPS) is 15.3. The molecule has 1 fully saturated rings. The first-order valence-electron chi connectivity index (χ1n) is 9.23. The standard InChI is InChI=1S/C20H23N5O2/c1-13-11-18(14(2)25(13)17-5-4-8-21-12-17)20(26)24-9-6-16(7-10-24)19-22-15(3)23-27-19/h4-5,8,11-12,16H,6-7,9-10H2,1-3H3. The lowest BCUT2D eigenvalue weighted by molar-refractivity contribution is 0.0704. The molecule has 0 N–H and O–H groups in total. The third kappa shape index (κ3) is 3.25. The van der Waals surface area contributed by atoms with Crippen LogP contribution in [0, 0.1) is 20.8 Å². The van der Waals surface area contributed by atoms with Crippen LogP contribution in [-0.4, -0.2) is 43.6 Å². The zero-order valence-corrected chi connectivity index (χ0v) is 15.8. The quantitative estimate of drug-likeness (QED) is 0.712. The monoisotopic (exact) mass is 365 g/mol. The highest BCUT2D eigenvalue weighted by atomic mass is 16.5. The molecule has 0 bridgehead atoms. The molecule has 7 nitrogen and oxygen atoms in total. The van der Waals surface area contributed by atoms with Crippen molar-refractivity contribution in [3.8, 4) is 5.69 Å². The number of aromatic nitrogens is 4. The number of likely N-dealkylation sites (tertiary alicyclic amines) is 1. The lowest BCUT2D eigenvalue weighted by Gasteiger charge is -2.30. The smallest absolute Gasteiger partial charge is 0.255 e. The predicted octanol–water partition coefficient (Wildman–Crippen LogP) is 3.20. The molecule has 0 atom stereocenters. The summed E-state index contributed by atoms with van der Waals surface area (Å²) in [6, 6.07) is 5.87. The summed E-state index contributed by atoms with van der Waals surface area (Å²) in [5.74, 6) is 1.66. The highest BCUT2D eigenvalue weighted by Gasteiger charge is 2.29. The Hall–Kier alpha value is -2.96. The molecule has 7 heteroatoms. The first-order valence-corrected chi connectivity index (χ1v) is 9.23. The summed E-state index contributed by atoms with van der Waals surface area (Å²) in [6.45, 7) is 7.22. The molecule has 0 aromatic carbocycles. The summed E-state index contributed by atoms with van der Waals surface area (Å²) in [7, 11) is 0. The van der Waals surface area contributed by atoms with E-state index in [1.807, 2.05) is 50.1 Å². The van der Waals surface area contributed by atoms with Crippen molar-refractivity contribution in [2.24, 2.45) is 0 Å². The zero-order chi connectivity index (χ0) is 19.0. The highest BCUT2D eigenvalue weighted by molar-refractivity contribution is 5.96. The molecule has 3 aromatic rings. The minimum Gasteiger partial charge on any atom is -0.339 e. The Labute approximate surface area is 158 Å². The molecule has 4 rings (SSSR count). The van der Waals surface area contributed by atoms with E-state index in [9.17, 15) is 4.79 Å². The van der Waals surface area contributed by atoms with Crippen molar-refractivity contribution in [1.29, 1.82) is 0 Å². The predicted molar refractivity (Wildman–Crippen MR) is 100.0 cm³/mol. The second-order valence-electron chi connectivity index (χ2n) is 7.08. The van der Waals surface area contributed by atoms with Crippen LogP contribution in [0.5, 0.6) is 0 Å². The molecular formula is C20H23N5O2. The summed E-state index contributed by atoms with van der Waals surface area (Å²) in [4.78, 5) is 23.6. The van der Waals surface area contributed by atoms with Gasteiger partial charge in [-0.1, -0.05) is 5.16 Å². The Bertz CT molecular complexity index is 952. The molecule has 27 heavy (non-hydrogen) atoms. The Morgan fingerprint density at radius 2 is 2.00 bits per heavy atom. The summed E-state index contributed by atoms with van der Waals surface area (Å²) < 4.78 is 7.38. The average molecular weight is 365 g/mol. The van der Waals surface area contributed by atoms with E-state index in [2.05, 4.69) is 19.7 Å². The minimum atomic E-state index is 0.0819. The van der Waals surface area contributed by atoms with Gasteiger partial charge in [-0.05, 0) is 51.8 Å². The molecule has 3 aromatic heterocycles. The fraction of sp³-hybridized carbons (Fsp3) is 0.400. The summed E-state index contributed by atoms with van der Waals surface area (Å²) in [5.41, 5.74) is 3.70. The van der Waals surface area contributed by atoms with Crippen LogP contribution in [-0.2, 0) is 0 Å². The molecule has 0 aliphatic carbocycles. The van der Waals surface area contributed by atoms with Gasteiger partial charge in [0, 0.05) is 36.6 Å². The largest absolute Gasteiger partial charge is 0.339 e. The van der Waals surface area contributed by atoms with Gasteiger partial charge in [-0.25, -0.2) is 0 Å². The molecule has 4 heterocycles. The van der Waals surface area contributed by atoms with Crippen molar-refractivity contribution in [2.75, 3.05) is 13.1 Å². The first-order chi connectivity index (χ1) is 13.0. The lowest BCUT2D eigenvalue weighted by atomic mass is 9.96. The van der Waals surface area contributed by atoms with Crippen LogP contribution in [0.4, 0.5) is 0 Å². The number of rotatable bonds is 3.